The second-order valence-electron chi connectivity index (χ2n) is 6.85. The minimum atomic E-state index is -0.303. The number of amides is 1. The first-order valence-corrected chi connectivity index (χ1v) is 9.63. The van der Waals surface area contributed by atoms with Crippen molar-refractivity contribution in [3.63, 3.8) is 0 Å². The Morgan fingerprint density at radius 3 is 2.43 bits per heavy atom. The van der Waals surface area contributed by atoms with E-state index in [1.165, 1.54) is 0 Å². The molecule has 0 aliphatic carbocycles. The number of aromatic nitrogens is 2. The van der Waals surface area contributed by atoms with Crippen LogP contribution in [-0.2, 0) is 13.0 Å². The lowest BCUT2D eigenvalue weighted by atomic mass is 10.1. The zero-order valence-electron chi connectivity index (χ0n) is 16.5. The van der Waals surface area contributed by atoms with Crippen molar-refractivity contribution in [2.45, 2.75) is 13.0 Å². The third kappa shape index (κ3) is 4.07. The predicted octanol–water partition coefficient (Wildman–Crippen LogP) is 3.90. The lowest BCUT2D eigenvalue weighted by Crippen LogP contribution is -2.24. The summed E-state index contributed by atoms with van der Waals surface area (Å²) in [6.07, 6.45) is 3.90. The minimum absolute atomic E-state index is 0.117. The zero-order valence-corrected chi connectivity index (χ0v) is 16.5. The molecule has 0 aliphatic rings. The maximum absolute atomic E-state index is 13.0. The highest BCUT2D eigenvalue weighted by molar-refractivity contribution is 6.12. The second kappa shape index (κ2) is 8.61. The number of carbonyl (C=O) groups excluding carboxylic acids is 1. The van der Waals surface area contributed by atoms with Crippen molar-refractivity contribution >= 4 is 22.5 Å². The summed E-state index contributed by atoms with van der Waals surface area (Å²) >= 11 is 0. The number of benzene rings is 2. The number of anilines is 1. The number of pyridine rings is 2. The standard InChI is InChI=1S/C24H21N3O3/c1-30-18-11-9-17(10-12-18)13-15-27-16-21(19-6-2-3-7-20(19)24(27)29)23(28)26-22-8-4-5-14-25-22/h2-12,14,16H,13,15H2,1H3,(H,25,26,28). The van der Waals surface area contributed by atoms with Gasteiger partial charge in [-0.05, 0) is 42.3 Å². The van der Waals surface area contributed by atoms with Gasteiger partial charge >= 0.3 is 0 Å². The SMILES string of the molecule is COc1ccc(CCn2cc(C(=O)Nc3ccccn3)c3ccccc3c2=O)cc1. The molecule has 0 bridgehead atoms. The topological polar surface area (TPSA) is 73.2 Å². The molecule has 1 amide bonds. The molecule has 2 aromatic heterocycles. The van der Waals surface area contributed by atoms with Crippen LogP contribution in [0.4, 0.5) is 5.82 Å². The molecule has 2 aromatic carbocycles. The quantitative estimate of drug-likeness (QED) is 0.534. The van der Waals surface area contributed by atoms with E-state index in [0.29, 0.717) is 35.1 Å². The Hall–Kier alpha value is -3.93. The molecule has 30 heavy (non-hydrogen) atoms. The number of hydrogen-bond donors (Lipinski definition) is 1. The van der Waals surface area contributed by atoms with Gasteiger partial charge in [0.15, 0.2) is 0 Å². The highest BCUT2D eigenvalue weighted by Crippen LogP contribution is 2.18. The van der Waals surface area contributed by atoms with Crippen LogP contribution in [0.25, 0.3) is 10.8 Å². The van der Waals surface area contributed by atoms with E-state index in [4.69, 9.17) is 4.74 Å². The van der Waals surface area contributed by atoms with Gasteiger partial charge in [0.25, 0.3) is 11.5 Å². The molecule has 0 saturated heterocycles. The Labute approximate surface area is 173 Å². The fraction of sp³-hybridized carbons (Fsp3) is 0.125. The molecule has 0 saturated carbocycles. The molecule has 2 heterocycles. The number of carbonyl (C=O) groups is 1. The molecular weight excluding hydrogens is 378 g/mol. The van der Waals surface area contributed by atoms with Crippen LogP contribution in [-0.4, -0.2) is 22.6 Å². The third-order valence-corrected chi connectivity index (χ3v) is 4.94. The summed E-state index contributed by atoms with van der Waals surface area (Å²) in [5.74, 6) is 0.945. The monoisotopic (exact) mass is 399 g/mol. The fourth-order valence-corrected chi connectivity index (χ4v) is 3.35. The Bertz CT molecular complexity index is 1230. The van der Waals surface area contributed by atoms with Crippen molar-refractivity contribution in [1.82, 2.24) is 9.55 Å². The molecular formula is C24H21N3O3. The molecule has 6 nitrogen and oxygen atoms in total. The Morgan fingerprint density at radius 2 is 1.73 bits per heavy atom. The number of fused-ring (bicyclic) bond motifs is 1. The van der Waals surface area contributed by atoms with E-state index in [9.17, 15) is 9.59 Å². The van der Waals surface area contributed by atoms with E-state index in [-0.39, 0.29) is 11.5 Å². The minimum Gasteiger partial charge on any atom is -0.497 e. The molecule has 0 atom stereocenters. The van der Waals surface area contributed by atoms with E-state index >= 15 is 0 Å². The fourth-order valence-electron chi connectivity index (χ4n) is 3.35. The van der Waals surface area contributed by atoms with Crippen LogP contribution in [0, 0.1) is 0 Å². The summed E-state index contributed by atoms with van der Waals surface area (Å²) in [4.78, 5) is 30.1. The van der Waals surface area contributed by atoms with Crippen LogP contribution in [0.5, 0.6) is 5.75 Å². The van der Waals surface area contributed by atoms with E-state index in [1.54, 1.807) is 60.5 Å². The van der Waals surface area contributed by atoms with Gasteiger partial charge in [0.05, 0.1) is 12.7 Å². The first-order chi connectivity index (χ1) is 14.7. The van der Waals surface area contributed by atoms with Gasteiger partial charge in [0.1, 0.15) is 11.6 Å². The number of aryl methyl sites for hydroxylation is 2. The largest absolute Gasteiger partial charge is 0.497 e. The maximum atomic E-state index is 13.0. The molecule has 4 aromatic rings. The summed E-state index contributed by atoms with van der Waals surface area (Å²) < 4.78 is 6.78. The Kier molecular flexibility index (Phi) is 5.57. The Morgan fingerprint density at radius 1 is 1.00 bits per heavy atom. The first kappa shape index (κ1) is 19.4. The van der Waals surface area contributed by atoms with Crippen LogP contribution in [0.3, 0.4) is 0 Å². The third-order valence-electron chi connectivity index (χ3n) is 4.94. The summed E-state index contributed by atoms with van der Waals surface area (Å²) in [5.41, 5.74) is 1.40. The normalized spacial score (nSPS) is 10.7. The van der Waals surface area contributed by atoms with Crippen molar-refractivity contribution in [3.8, 4) is 5.75 Å². The lowest BCUT2D eigenvalue weighted by Gasteiger charge is -2.13. The van der Waals surface area contributed by atoms with Gasteiger partial charge in [0.2, 0.25) is 0 Å². The Balaban J connectivity index is 1.67. The maximum Gasteiger partial charge on any atom is 0.258 e. The zero-order chi connectivity index (χ0) is 20.9. The van der Waals surface area contributed by atoms with Gasteiger partial charge in [-0.2, -0.15) is 0 Å². The van der Waals surface area contributed by atoms with Crippen LogP contribution in [0.1, 0.15) is 15.9 Å². The molecule has 4 rings (SSSR count). The second-order valence-corrected chi connectivity index (χ2v) is 6.85. The molecule has 6 heteroatoms. The van der Waals surface area contributed by atoms with Gasteiger partial charge in [-0.1, -0.05) is 36.4 Å². The van der Waals surface area contributed by atoms with Gasteiger partial charge in [-0.3, -0.25) is 9.59 Å². The van der Waals surface area contributed by atoms with E-state index in [0.717, 1.165) is 11.3 Å². The molecule has 0 aliphatic heterocycles. The summed E-state index contributed by atoms with van der Waals surface area (Å²) in [7, 11) is 1.63. The number of methoxy groups -OCH3 is 1. The van der Waals surface area contributed by atoms with Gasteiger partial charge < -0.3 is 14.6 Å². The number of nitrogens with one attached hydrogen (secondary N) is 1. The summed E-state index contributed by atoms with van der Waals surface area (Å²) in [6.45, 7) is 0.458. The van der Waals surface area contributed by atoms with Gasteiger partial charge in [-0.25, -0.2) is 4.98 Å². The van der Waals surface area contributed by atoms with Crippen LogP contribution < -0.4 is 15.6 Å². The lowest BCUT2D eigenvalue weighted by molar-refractivity contribution is 0.102. The van der Waals surface area contributed by atoms with Crippen molar-refractivity contribution in [2.24, 2.45) is 0 Å². The van der Waals surface area contributed by atoms with Gasteiger partial charge in [0, 0.05) is 29.7 Å². The van der Waals surface area contributed by atoms with E-state index in [1.807, 2.05) is 30.3 Å². The predicted molar refractivity (Wildman–Crippen MR) is 117 cm³/mol. The van der Waals surface area contributed by atoms with Crippen molar-refractivity contribution < 1.29 is 9.53 Å². The molecule has 150 valence electrons. The van der Waals surface area contributed by atoms with Crippen molar-refractivity contribution in [1.29, 1.82) is 0 Å². The number of ether oxygens (including phenoxy) is 1. The summed E-state index contributed by atoms with van der Waals surface area (Å²) in [5, 5.41) is 3.94. The smallest absolute Gasteiger partial charge is 0.258 e. The van der Waals surface area contributed by atoms with Crippen molar-refractivity contribution in [2.75, 3.05) is 12.4 Å². The highest BCUT2D eigenvalue weighted by Gasteiger charge is 2.15. The van der Waals surface area contributed by atoms with Crippen LogP contribution >= 0.6 is 0 Å². The van der Waals surface area contributed by atoms with Crippen LogP contribution in [0.15, 0.2) is 83.9 Å². The number of hydrogen-bond acceptors (Lipinski definition) is 4. The number of rotatable bonds is 6. The van der Waals surface area contributed by atoms with Crippen LogP contribution in [0.2, 0.25) is 0 Å². The molecule has 0 unspecified atom stereocenters. The molecule has 0 fully saturated rings. The van der Waals surface area contributed by atoms with Crippen molar-refractivity contribution in [3.05, 3.63) is 101 Å². The first-order valence-electron chi connectivity index (χ1n) is 9.63. The number of nitrogens with zero attached hydrogens (tertiary/aromatic N) is 2. The molecule has 0 radical (unpaired) electrons. The highest BCUT2D eigenvalue weighted by atomic mass is 16.5. The van der Waals surface area contributed by atoms with Gasteiger partial charge in [-0.15, -0.1) is 0 Å². The van der Waals surface area contributed by atoms with E-state index in [2.05, 4.69) is 10.3 Å². The molecule has 1 N–H and O–H groups in total. The molecule has 0 spiro atoms. The average molecular weight is 399 g/mol. The summed E-state index contributed by atoms with van der Waals surface area (Å²) in [6, 6.07) is 20.2. The van der Waals surface area contributed by atoms with E-state index < -0.39 is 0 Å². The average Bonchev–Trinajstić information content (AvgIpc) is 2.79.